The van der Waals surface area contributed by atoms with Crippen LogP contribution < -0.4 is 0 Å². The molecule has 0 fully saturated rings. The van der Waals surface area contributed by atoms with Gasteiger partial charge in [0.2, 0.25) is 0 Å². The Morgan fingerprint density at radius 1 is 0.500 bits per heavy atom. The lowest BCUT2D eigenvalue weighted by Gasteiger charge is -2.36. The zero-order chi connectivity index (χ0) is 19.5. The predicted octanol–water partition coefficient (Wildman–Crippen LogP) is 5.30. The van der Waals surface area contributed by atoms with Crippen LogP contribution in [0.1, 0.15) is 65.5 Å². The van der Waals surface area contributed by atoms with Gasteiger partial charge in [-0.1, -0.05) is 24.3 Å². The molecule has 0 radical (unpaired) electrons. The Hall–Kier alpha value is -0.860. The van der Waals surface area contributed by atoms with Crippen molar-refractivity contribution in [2.75, 3.05) is 52.4 Å². The smallest absolute Gasteiger partial charge is 0.0789 e. The second kappa shape index (κ2) is 11.8. The number of hydrogen-bond donors (Lipinski definition) is 0. The van der Waals surface area contributed by atoms with Crippen LogP contribution in [-0.2, 0) is 12.8 Å². The van der Waals surface area contributed by atoms with Crippen LogP contribution >= 0.6 is 0 Å². The first kappa shape index (κ1) is 23.2. The van der Waals surface area contributed by atoms with Crippen molar-refractivity contribution in [3.05, 3.63) is 35.4 Å². The molecule has 0 aliphatic rings. The minimum atomic E-state index is 1.22. The molecule has 0 N–H and O–H groups in total. The lowest BCUT2D eigenvalue weighted by atomic mass is 10.0. The van der Waals surface area contributed by atoms with E-state index >= 15 is 0 Å². The molecule has 0 unspecified atom stereocenters. The maximum atomic E-state index is 2.37. The summed E-state index contributed by atoms with van der Waals surface area (Å²) in [6.45, 7) is 24.2. The average Bonchev–Trinajstić information content (AvgIpc) is 2.70. The maximum Gasteiger partial charge on any atom is 0.0789 e. The molecule has 0 aliphatic carbocycles. The van der Waals surface area contributed by atoms with E-state index in [1.165, 1.54) is 98.1 Å². The zero-order valence-electron chi connectivity index (χ0n) is 18.7. The molecule has 150 valence electrons. The number of nitrogens with zero attached hydrogens (tertiary/aromatic N) is 2. The predicted molar refractivity (Wildman–Crippen MR) is 117 cm³/mol. The number of rotatable bonds is 14. The van der Waals surface area contributed by atoms with Gasteiger partial charge in [0.15, 0.2) is 0 Å². The summed E-state index contributed by atoms with van der Waals surface area (Å²) in [4.78, 5) is 0. The minimum Gasteiger partial charge on any atom is -0.324 e. The van der Waals surface area contributed by atoms with Crippen molar-refractivity contribution in [1.82, 2.24) is 0 Å². The van der Waals surface area contributed by atoms with E-state index in [0.29, 0.717) is 0 Å². The van der Waals surface area contributed by atoms with E-state index in [4.69, 9.17) is 0 Å². The third kappa shape index (κ3) is 6.70. The summed E-state index contributed by atoms with van der Waals surface area (Å²) in [5, 5.41) is 0. The molecule has 0 bridgehead atoms. The first-order valence-electron chi connectivity index (χ1n) is 11.3. The maximum absolute atomic E-state index is 2.37. The van der Waals surface area contributed by atoms with Crippen LogP contribution in [0.25, 0.3) is 0 Å². The molecule has 1 rings (SSSR count). The largest absolute Gasteiger partial charge is 0.324 e. The van der Waals surface area contributed by atoms with E-state index in [1.807, 2.05) is 0 Å². The molecular formula is C24H46N2+2. The molecule has 0 aliphatic heterocycles. The van der Waals surface area contributed by atoms with Crippen molar-refractivity contribution in [2.45, 2.75) is 67.2 Å². The second-order valence-corrected chi connectivity index (χ2v) is 8.05. The van der Waals surface area contributed by atoms with Crippen molar-refractivity contribution in [3.8, 4) is 0 Å². The molecule has 2 nitrogen and oxygen atoms in total. The van der Waals surface area contributed by atoms with Gasteiger partial charge in [-0.3, -0.25) is 0 Å². The van der Waals surface area contributed by atoms with E-state index in [-0.39, 0.29) is 0 Å². The minimum absolute atomic E-state index is 1.22. The fourth-order valence-electron chi connectivity index (χ4n) is 4.40. The monoisotopic (exact) mass is 362 g/mol. The highest BCUT2D eigenvalue weighted by atomic mass is 15.3. The average molecular weight is 363 g/mol. The Labute approximate surface area is 164 Å². The molecule has 0 saturated carbocycles. The molecule has 0 atom stereocenters. The van der Waals surface area contributed by atoms with Crippen molar-refractivity contribution in [3.63, 3.8) is 0 Å². The summed E-state index contributed by atoms with van der Waals surface area (Å²) in [7, 11) is 0. The Morgan fingerprint density at radius 2 is 0.769 bits per heavy atom. The molecule has 1 aromatic rings. The molecule has 26 heavy (non-hydrogen) atoms. The molecule has 0 amide bonds. The summed E-state index contributed by atoms with van der Waals surface area (Å²) in [6, 6.07) is 9.48. The van der Waals surface area contributed by atoms with E-state index in [0.717, 1.165) is 0 Å². The molecule has 0 spiro atoms. The van der Waals surface area contributed by atoms with Gasteiger partial charge in [0.1, 0.15) is 0 Å². The molecular weight excluding hydrogens is 316 g/mol. The van der Waals surface area contributed by atoms with Crippen molar-refractivity contribution >= 4 is 0 Å². The van der Waals surface area contributed by atoms with Gasteiger partial charge in [-0.25, -0.2) is 0 Å². The lowest BCUT2D eigenvalue weighted by Crippen LogP contribution is -2.48. The Kier molecular flexibility index (Phi) is 10.5. The van der Waals surface area contributed by atoms with Gasteiger partial charge in [-0.15, -0.1) is 0 Å². The summed E-state index contributed by atoms with van der Waals surface area (Å²) < 4.78 is 2.54. The standard InChI is InChI=1S/C24H46N2/c1-7-25(8-2,9-3)21-13-15-23-17-19-24(20-18-23)16-14-22-26(10-4,11-5)12-6/h17-20H,7-16,21-22H2,1-6H3/q+2. The highest BCUT2D eigenvalue weighted by Gasteiger charge is 2.20. The van der Waals surface area contributed by atoms with Gasteiger partial charge in [-0.05, 0) is 65.5 Å². The van der Waals surface area contributed by atoms with E-state index in [2.05, 4.69) is 65.8 Å². The number of aryl methyl sites for hydroxylation is 2. The SMILES string of the molecule is CC[N+](CC)(CC)CCCc1ccc(CCC[N+](CC)(CC)CC)cc1. The van der Waals surface area contributed by atoms with E-state index in [9.17, 15) is 0 Å². The fraction of sp³-hybridized carbons (Fsp3) is 0.750. The fourth-order valence-corrected chi connectivity index (χ4v) is 4.40. The third-order valence-electron chi connectivity index (χ3n) is 7.24. The van der Waals surface area contributed by atoms with Gasteiger partial charge in [-0.2, -0.15) is 0 Å². The van der Waals surface area contributed by atoms with Crippen LogP contribution in [0.2, 0.25) is 0 Å². The zero-order valence-corrected chi connectivity index (χ0v) is 18.7. The Morgan fingerprint density at radius 3 is 1.00 bits per heavy atom. The second-order valence-electron chi connectivity index (χ2n) is 8.05. The van der Waals surface area contributed by atoms with E-state index < -0.39 is 0 Å². The van der Waals surface area contributed by atoms with E-state index in [1.54, 1.807) is 0 Å². The summed E-state index contributed by atoms with van der Waals surface area (Å²) in [5.41, 5.74) is 3.02. The van der Waals surface area contributed by atoms with Crippen molar-refractivity contribution in [1.29, 1.82) is 0 Å². The molecule has 1 aromatic carbocycles. The van der Waals surface area contributed by atoms with Crippen LogP contribution in [0.5, 0.6) is 0 Å². The molecule has 0 aromatic heterocycles. The Bertz CT molecular complexity index is 408. The Balaban J connectivity index is 2.44. The first-order chi connectivity index (χ1) is 12.5. The van der Waals surface area contributed by atoms with Gasteiger partial charge >= 0.3 is 0 Å². The lowest BCUT2D eigenvalue weighted by molar-refractivity contribution is -0.923. The van der Waals surface area contributed by atoms with Crippen LogP contribution in [0.3, 0.4) is 0 Å². The van der Waals surface area contributed by atoms with Crippen LogP contribution in [0, 0.1) is 0 Å². The van der Waals surface area contributed by atoms with Crippen molar-refractivity contribution < 1.29 is 8.97 Å². The molecule has 2 heteroatoms. The van der Waals surface area contributed by atoms with Gasteiger partial charge in [0.05, 0.1) is 52.4 Å². The third-order valence-corrected chi connectivity index (χ3v) is 7.24. The topological polar surface area (TPSA) is 0 Å². The number of benzene rings is 1. The first-order valence-corrected chi connectivity index (χ1v) is 11.3. The number of quaternary nitrogens is 2. The van der Waals surface area contributed by atoms with Crippen LogP contribution in [0.15, 0.2) is 24.3 Å². The van der Waals surface area contributed by atoms with Gasteiger partial charge in [0.25, 0.3) is 0 Å². The molecule has 0 saturated heterocycles. The quantitative estimate of drug-likeness (QED) is 0.394. The normalized spacial score (nSPS) is 12.5. The van der Waals surface area contributed by atoms with Crippen LogP contribution in [-0.4, -0.2) is 61.3 Å². The highest BCUT2D eigenvalue weighted by Crippen LogP contribution is 2.14. The summed E-state index contributed by atoms with van der Waals surface area (Å²) in [5.74, 6) is 0. The number of hydrogen-bond acceptors (Lipinski definition) is 0. The highest BCUT2D eigenvalue weighted by molar-refractivity contribution is 5.22. The summed E-state index contributed by atoms with van der Waals surface area (Å²) >= 11 is 0. The molecule has 0 heterocycles. The van der Waals surface area contributed by atoms with Crippen LogP contribution in [0.4, 0.5) is 0 Å². The van der Waals surface area contributed by atoms with Gasteiger partial charge < -0.3 is 8.97 Å². The van der Waals surface area contributed by atoms with Crippen molar-refractivity contribution in [2.24, 2.45) is 0 Å². The summed E-state index contributed by atoms with van der Waals surface area (Å²) in [6.07, 6.45) is 5.06. The van der Waals surface area contributed by atoms with Gasteiger partial charge in [0, 0.05) is 12.8 Å².